The summed E-state index contributed by atoms with van der Waals surface area (Å²) in [5.74, 6) is -0.0858. The fraction of sp³-hybridized carbons (Fsp3) is 0.154. The monoisotopic (exact) mass is 488 g/mol. The molecule has 0 bridgehead atoms. The molecule has 0 saturated carbocycles. The quantitative estimate of drug-likeness (QED) is 0.335. The lowest BCUT2D eigenvalue weighted by Crippen LogP contribution is -2.17. The molecule has 2 N–H and O–H groups in total. The van der Waals surface area contributed by atoms with Crippen LogP contribution in [-0.2, 0) is 17.9 Å². The Morgan fingerprint density at radius 3 is 2.36 bits per heavy atom. The lowest BCUT2D eigenvalue weighted by molar-refractivity contribution is 0.0600. The number of esters is 1. The van der Waals surface area contributed by atoms with E-state index in [1.165, 1.54) is 7.11 Å². The van der Waals surface area contributed by atoms with E-state index >= 15 is 0 Å². The molecular weight excluding hydrogens is 464 g/mol. The van der Waals surface area contributed by atoms with E-state index in [-0.39, 0.29) is 18.3 Å². The summed E-state index contributed by atoms with van der Waals surface area (Å²) in [5.41, 5.74) is 1.87. The van der Waals surface area contributed by atoms with Gasteiger partial charge in [0.25, 0.3) is 11.8 Å². The van der Waals surface area contributed by atoms with E-state index in [4.69, 9.17) is 9.15 Å². The van der Waals surface area contributed by atoms with Gasteiger partial charge in [-0.15, -0.1) is 0 Å². The van der Waals surface area contributed by atoms with Crippen LogP contribution in [0.1, 0.15) is 44.1 Å². The van der Waals surface area contributed by atoms with Crippen LogP contribution in [0.15, 0.2) is 77.3 Å². The van der Waals surface area contributed by atoms with E-state index in [1.807, 2.05) is 6.92 Å². The minimum absolute atomic E-state index is 0.0979. The summed E-state index contributed by atoms with van der Waals surface area (Å²) in [6.45, 7) is 2.57. The Morgan fingerprint density at radius 1 is 0.944 bits per heavy atom. The van der Waals surface area contributed by atoms with Crippen LogP contribution in [-0.4, -0.2) is 34.7 Å². The number of carbonyl (C=O) groups is 3. The van der Waals surface area contributed by atoms with Gasteiger partial charge in [-0.25, -0.2) is 4.79 Å². The minimum Gasteiger partial charge on any atom is -0.486 e. The van der Waals surface area contributed by atoms with Gasteiger partial charge in [-0.05, 0) is 67.6 Å². The highest BCUT2D eigenvalue weighted by Crippen LogP contribution is 2.19. The van der Waals surface area contributed by atoms with Crippen molar-refractivity contribution in [2.45, 2.75) is 20.1 Å². The number of aromatic nitrogens is 2. The van der Waals surface area contributed by atoms with Crippen molar-refractivity contribution < 1.29 is 28.3 Å². The summed E-state index contributed by atoms with van der Waals surface area (Å²) in [5, 5.41) is 9.65. The number of rotatable bonds is 9. The molecule has 0 saturated heterocycles. The molecule has 0 fully saturated rings. The Kier molecular flexibility index (Phi) is 7.45. The lowest BCUT2D eigenvalue weighted by Gasteiger charge is -2.09. The molecule has 0 aliphatic carbocycles. The SMILES string of the molecule is CCn1nccc1C(=O)Nc1cccc(NC(=O)c2ccc(COc3ccc(C(=O)OC)cc3)o2)c1. The van der Waals surface area contributed by atoms with Crippen molar-refractivity contribution in [1.82, 2.24) is 9.78 Å². The van der Waals surface area contributed by atoms with E-state index in [1.54, 1.807) is 77.6 Å². The summed E-state index contributed by atoms with van der Waals surface area (Å²) in [7, 11) is 1.32. The molecule has 0 aliphatic heterocycles. The molecule has 2 heterocycles. The van der Waals surface area contributed by atoms with Crippen molar-refractivity contribution >= 4 is 29.2 Å². The summed E-state index contributed by atoms with van der Waals surface area (Å²) >= 11 is 0. The zero-order valence-corrected chi connectivity index (χ0v) is 19.7. The van der Waals surface area contributed by atoms with Crippen molar-refractivity contribution in [3.05, 3.63) is 95.7 Å². The number of nitrogens with one attached hydrogen (secondary N) is 2. The van der Waals surface area contributed by atoms with Gasteiger partial charge in [0.05, 0.1) is 12.7 Å². The van der Waals surface area contributed by atoms with Gasteiger partial charge in [-0.3, -0.25) is 14.3 Å². The van der Waals surface area contributed by atoms with Crippen LogP contribution < -0.4 is 15.4 Å². The minimum atomic E-state index is -0.448. The number of anilines is 2. The predicted molar refractivity (Wildman–Crippen MR) is 131 cm³/mol. The number of furan rings is 1. The maximum atomic E-state index is 12.6. The van der Waals surface area contributed by atoms with Crippen molar-refractivity contribution in [3.8, 4) is 5.75 Å². The second-order valence-electron chi connectivity index (χ2n) is 7.59. The maximum absolute atomic E-state index is 12.6. The Bertz CT molecular complexity index is 1370. The number of hydrogen-bond donors (Lipinski definition) is 2. The molecule has 4 rings (SSSR count). The van der Waals surface area contributed by atoms with Gasteiger partial charge in [0, 0.05) is 24.1 Å². The van der Waals surface area contributed by atoms with E-state index in [0.717, 1.165) is 0 Å². The normalized spacial score (nSPS) is 10.5. The number of benzene rings is 2. The fourth-order valence-electron chi connectivity index (χ4n) is 3.38. The van der Waals surface area contributed by atoms with Crippen molar-refractivity contribution in [2.75, 3.05) is 17.7 Å². The van der Waals surface area contributed by atoms with E-state index < -0.39 is 11.9 Å². The highest BCUT2D eigenvalue weighted by Gasteiger charge is 2.14. The first-order valence-electron chi connectivity index (χ1n) is 11.1. The average Bonchev–Trinajstić information content (AvgIpc) is 3.57. The van der Waals surface area contributed by atoms with Gasteiger partial charge in [0.1, 0.15) is 23.8 Å². The van der Waals surface area contributed by atoms with Gasteiger partial charge >= 0.3 is 5.97 Å². The molecule has 0 radical (unpaired) electrons. The number of methoxy groups -OCH3 is 1. The largest absolute Gasteiger partial charge is 0.486 e. The number of amides is 2. The zero-order chi connectivity index (χ0) is 25.5. The molecule has 10 nitrogen and oxygen atoms in total. The molecule has 0 unspecified atom stereocenters. The van der Waals surface area contributed by atoms with E-state index in [9.17, 15) is 14.4 Å². The Labute approximate surface area is 206 Å². The first kappa shape index (κ1) is 24.3. The highest BCUT2D eigenvalue weighted by molar-refractivity contribution is 6.05. The fourth-order valence-corrected chi connectivity index (χ4v) is 3.38. The Balaban J connectivity index is 1.33. The van der Waals surface area contributed by atoms with Crippen LogP contribution in [0.3, 0.4) is 0 Å². The van der Waals surface area contributed by atoms with E-state index in [2.05, 4.69) is 20.5 Å². The summed E-state index contributed by atoms with van der Waals surface area (Å²) in [4.78, 5) is 36.7. The second-order valence-corrected chi connectivity index (χ2v) is 7.59. The topological polar surface area (TPSA) is 125 Å². The molecule has 2 aromatic heterocycles. The molecule has 36 heavy (non-hydrogen) atoms. The zero-order valence-electron chi connectivity index (χ0n) is 19.7. The van der Waals surface area contributed by atoms with Crippen LogP contribution in [0, 0.1) is 0 Å². The summed E-state index contributed by atoms with van der Waals surface area (Å²) < 4.78 is 17.5. The van der Waals surface area contributed by atoms with Gasteiger partial charge in [0.2, 0.25) is 0 Å². The first-order valence-corrected chi connectivity index (χ1v) is 11.1. The number of aryl methyl sites for hydroxylation is 1. The molecule has 2 amide bonds. The molecule has 4 aromatic rings. The number of carbonyl (C=O) groups excluding carboxylic acids is 3. The van der Waals surface area contributed by atoms with Gasteiger partial charge in [0.15, 0.2) is 5.76 Å². The standard InChI is InChI=1S/C26H24N4O6/c1-3-30-22(13-14-27-30)24(31)28-18-5-4-6-19(15-18)29-25(32)23-12-11-21(36-23)16-35-20-9-7-17(8-10-20)26(33)34-2/h4-15H,3,16H2,1-2H3,(H,28,31)(H,29,32). The molecule has 0 atom stereocenters. The molecule has 10 heteroatoms. The van der Waals surface area contributed by atoms with Crippen molar-refractivity contribution in [2.24, 2.45) is 0 Å². The van der Waals surface area contributed by atoms with Crippen LogP contribution in [0.25, 0.3) is 0 Å². The third-order valence-corrected chi connectivity index (χ3v) is 5.17. The van der Waals surface area contributed by atoms with Gasteiger partial charge in [-0.1, -0.05) is 6.07 Å². The number of hydrogen-bond acceptors (Lipinski definition) is 7. The van der Waals surface area contributed by atoms with E-state index in [0.29, 0.717) is 40.7 Å². The Morgan fingerprint density at radius 2 is 1.67 bits per heavy atom. The summed E-state index contributed by atoms with van der Waals surface area (Å²) in [6, 6.07) is 18.1. The molecule has 2 aromatic carbocycles. The third-order valence-electron chi connectivity index (χ3n) is 5.17. The van der Waals surface area contributed by atoms with Crippen LogP contribution in [0.5, 0.6) is 5.75 Å². The van der Waals surface area contributed by atoms with Crippen LogP contribution in [0.2, 0.25) is 0 Å². The molecule has 0 spiro atoms. The number of nitrogens with zero attached hydrogens (tertiary/aromatic N) is 2. The average molecular weight is 489 g/mol. The molecular formula is C26H24N4O6. The van der Waals surface area contributed by atoms with Gasteiger partial charge < -0.3 is 24.5 Å². The van der Waals surface area contributed by atoms with Crippen molar-refractivity contribution in [3.63, 3.8) is 0 Å². The number of ether oxygens (including phenoxy) is 2. The molecule has 184 valence electrons. The second kappa shape index (κ2) is 11.0. The maximum Gasteiger partial charge on any atom is 0.337 e. The van der Waals surface area contributed by atoms with Gasteiger partial charge in [-0.2, -0.15) is 5.10 Å². The van der Waals surface area contributed by atoms with Crippen LogP contribution >= 0.6 is 0 Å². The van der Waals surface area contributed by atoms with Crippen molar-refractivity contribution in [1.29, 1.82) is 0 Å². The highest BCUT2D eigenvalue weighted by atomic mass is 16.5. The molecule has 0 aliphatic rings. The predicted octanol–water partition coefficient (Wildman–Crippen LogP) is 4.37. The summed E-state index contributed by atoms with van der Waals surface area (Å²) in [6.07, 6.45) is 1.57. The van der Waals surface area contributed by atoms with Crippen LogP contribution in [0.4, 0.5) is 11.4 Å². The lowest BCUT2D eigenvalue weighted by atomic mass is 10.2. The first-order chi connectivity index (χ1) is 17.5. The Hall–Kier alpha value is -4.86. The smallest absolute Gasteiger partial charge is 0.337 e. The third kappa shape index (κ3) is 5.79.